The lowest BCUT2D eigenvalue weighted by Gasteiger charge is -2.40. The van der Waals surface area contributed by atoms with E-state index in [1.807, 2.05) is 0 Å². The minimum absolute atomic E-state index is 0.0323. The van der Waals surface area contributed by atoms with Crippen LogP contribution in [0.15, 0.2) is 6.33 Å². The second kappa shape index (κ2) is 8.67. The van der Waals surface area contributed by atoms with Gasteiger partial charge in [-0.25, -0.2) is 9.97 Å². The van der Waals surface area contributed by atoms with Crippen molar-refractivity contribution in [2.45, 2.75) is 103 Å². The summed E-state index contributed by atoms with van der Waals surface area (Å²) in [5.41, 5.74) is 6.45. The number of nitrogens with zero attached hydrogens (tertiary/aromatic N) is 4. The van der Waals surface area contributed by atoms with Gasteiger partial charge in [0.05, 0.1) is 12.7 Å². The third-order valence-corrected chi connectivity index (χ3v) is 16.6. The summed E-state index contributed by atoms with van der Waals surface area (Å²) >= 11 is 0. The lowest BCUT2D eigenvalue weighted by Crippen LogP contribution is -2.48. The molecule has 0 bridgehead atoms. The van der Waals surface area contributed by atoms with Crippen molar-refractivity contribution in [3.05, 3.63) is 12.4 Å². The van der Waals surface area contributed by atoms with Gasteiger partial charge in [-0.2, -0.15) is 9.37 Å². The van der Waals surface area contributed by atoms with Crippen LogP contribution in [-0.2, 0) is 13.6 Å². The predicted octanol–water partition coefficient (Wildman–Crippen LogP) is 5.25. The molecule has 2 aromatic heterocycles. The van der Waals surface area contributed by atoms with Gasteiger partial charge in [0.2, 0.25) is 0 Å². The Morgan fingerprint density at radius 2 is 1.70 bits per heavy atom. The SMILES string of the molecule is CC(C)(C)[Si](C)(C)OCC1OC(n2c(F)nc3c(N)ncnc32)CC1O[Si](C)(C)C(C)(C)C. The normalized spacial score (nSPS) is 22.9. The summed E-state index contributed by atoms with van der Waals surface area (Å²) < 4.78 is 36.0. The first kappa shape index (κ1) is 26.2. The van der Waals surface area contributed by atoms with Gasteiger partial charge in [0.1, 0.15) is 18.7 Å². The molecule has 11 heteroatoms. The summed E-state index contributed by atoms with van der Waals surface area (Å²) in [5.74, 6) is 0.141. The van der Waals surface area contributed by atoms with E-state index < -0.39 is 28.9 Å². The minimum atomic E-state index is -2.10. The van der Waals surface area contributed by atoms with Crippen molar-refractivity contribution in [1.82, 2.24) is 19.5 Å². The average molecular weight is 498 g/mol. The highest BCUT2D eigenvalue weighted by molar-refractivity contribution is 6.74. The van der Waals surface area contributed by atoms with Crippen molar-refractivity contribution in [3.8, 4) is 0 Å². The molecule has 0 amide bonds. The molecule has 2 aromatic rings. The topological polar surface area (TPSA) is 97.3 Å². The van der Waals surface area contributed by atoms with Crippen molar-refractivity contribution in [2.24, 2.45) is 0 Å². The number of nitrogen functional groups attached to an aromatic ring is 1. The lowest BCUT2D eigenvalue weighted by molar-refractivity contribution is -0.0418. The van der Waals surface area contributed by atoms with Gasteiger partial charge in [0, 0.05) is 6.42 Å². The summed E-state index contributed by atoms with van der Waals surface area (Å²) in [6.45, 7) is 22.5. The van der Waals surface area contributed by atoms with Crippen molar-refractivity contribution < 1.29 is 18.0 Å². The summed E-state index contributed by atoms with van der Waals surface area (Å²) in [6, 6.07) is 0. The van der Waals surface area contributed by atoms with Crippen LogP contribution in [-0.4, -0.2) is 55.0 Å². The molecule has 0 aromatic carbocycles. The number of fused-ring (bicyclic) bond motifs is 1. The second-order valence-electron chi connectivity index (χ2n) is 12.0. The molecule has 0 saturated carbocycles. The zero-order valence-electron chi connectivity index (χ0n) is 21.7. The number of aromatic nitrogens is 4. The number of hydrogen-bond acceptors (Lipinski definition) is 7. The van der Waals surface area contributed by atoms with Gasteiger partial charge >= 0.3 is 0 Å². The molecule has 1 aliphatic heterocycles. The highest BCUT2D eigenvalue weighted by Gasteiger charge is 2.47. The van der Waals surface area contributed by atoms with Crippen LogP contribution in [0.5, 0.6) is 0 Å². The third-order valence-electron chi connectivity index (χ3n) is 7.60. The molecule has 1 fully saturated rings. The van der Waals surface area contributed by atoms with Crippen LogP contribution in [0.2, 0.25) is 36.3 Å². The van der Waals surface area contributed by atoms with E-state index in [9.17, 15) is 4.39 Å². The Balaban J connectivity index is 1.92. The number of nitrogens with two attached hydrogens (primary N) is 1. The molecule has 1 aliphatic rings. The van der Waals surface area contributed by atoms with E-state index in [4.69, 9.17) is 19.3 Å². The molecule has 3 unspecified atom stereocenters. The van der Waals surface area contributed by atoms with Crippen LogP contribution < -0.4 is 5.73 Å². The molecule has 0 spiro atoms. The molecule has 8 nitrogen and oxygen atoms in total. The van der Waals surface area contributed by atoms with Gasteiger partial charge in [-0.3, -0.25) is 4.57 Å². The Morgan fingerprint density at radius 1 is 1.09 bits per heavy atom. The molecular weight excluding hydrogens is 457 g/mol. The third kappa shape index (κ3) is 5.16. The average Bonchev–Trinajstić information content (AvgIpc) is 3.18. The standard InChI is InChI=1S/C22H40FN5O3Si2/c1-21(2,3)32(7,8)29-12-15-14(31-33(9,10)22(4,5)6)11-16(30-15)28-19-17(27-20(28)23)18(24)25-13-26-19/h13-16H,11-12H2,1-10H3,(H2,24,25,26). The molecule has 0 aliphatic carbocycles. The highest BCUT2D eigenvalue weighted by Crippen LogP contribution is 2.43. The Morgan fingerprint density at radius 3 is 2.27 bits per heavy atom. The van der Waals surface area contributed by atoms with E-state index >= 15 is 0 Å². The fourth-order valence-electron chi connectivity index (χ4n) is 3.35. The van der Waals surface area contributed by atoms with E-state index in [1.54, 1.807) is 0 Å². The Hall–Kier alpha value is -1.41. The van der Waals surface area contributed by atoms with Crippen LogP contribution in [0.1, 0.15) is 54.2 Å². The van der Waals surface area contributed by atoms with Crippen LogP contribution in [0.25, 0.3) is 11.2 Å². The molecule has 1 saturated heterocycles. The Bertz CT molecular complexity index is 1000. The highest BCUT2D eigenvalue weighted by atomic mass is 28.4. The smallest absolute Gasteiger partial charge is 0.293 e. The first-order valence-corrected chi connectivity index (χ1v) is 17.4. The molecule has 3 heterocycles. The van der Waals surface area contributed by atoms with E-state index in [-0.39, 0.29) is 33.6 Å². The molecule has 186 valence electrons. The minimum Gasteiger partial charge on any atom is -0.414 e. The van der Waals surface area contributed by atoms with E-state index in [0.29, 0.717) is 18.7 Å². The van der Waals surface area contributed by atoms with Gasteiger partial charge in [0.25, 0.3) is 6.08 Å². The maximum absolute atomic E-state index is 14.9. The van der Waals surface area contributed by atoms with Gasteiger partial charge in [-0.15, -0.1) is 0 Å². The number of rotatable bonds is 6. The van der Waals surface area contributed by atoms with E-state index in [0.717, 1.165) is 0 Å². The first-order valence-electron chi connectivity index (χ1n) is 11.6. The van der Waals surface area contributed by atoms with Crippen LogP contribution in [0.3, 0.4) is 0 Å². The van der Waals surface area contributed by atoms with Crippen LogP contribution in [0.4, 0.5) is 10.2 Å². The Labute approximate surface area is 198 Å². The van der Waals surface area contributed by atoms with Gasteiger partial charge in [0.15, 0.2) is 33.6 Å². The molecule has 3 atom stereocenters. The number of ether oxygens (including phenoxy) is 1. The van der Waals surface area contributed by atoms with Crippen LogP contribution >= 0.6 is 0 Å². The number of imidazole rings is 1. The zero-order chi connectivity index (χ0) is 25.0. The molecule has 2 N–H and O–H groups in total. The second-order valence-corrected chi connectivity index (χ2v) is 21.6. The molecule has 33 heavy (non-hydrogen) atoms. The van der Waals surface area contributed by atoms with Gasteiger partial charge in [-0.1, -0.05) is 41.5 Å². The quantitative estimate of drug-likeness (QED) is 0.430. The molecule has 3 rings (SSSR count). The largest absolute Gasteiger partial charge is 0.414 e. The van der Waals surface area contributed by atoms with Crippen molar-refractivity contribution in [1.29, 1.82) is 0 Å². The summed E-state index contributed by atoms with van der Waals surface area (Å²) in [7, 11) is -4.10. The summed E-state index contributed by atoms with van der Waals surface area (Å²) in [5, 5.41) is 0.104. The van der Waals surface area contributed by atoms with E-state index in [1.165, 1.54) is 10.9 Å². The first-order chi connectivity index (χ1) is 14.9. The van der Waals surface area contributed by atoms with Gasteiger partial charge < -0.3 is 19.3 Å². The number of anilines is 1. The van der Waals surface area contributed by atoms with E-state index in [2.05, 4.69) is 82.7 Å². The van der Waals surface area contributed by atoms with Crippen molar-refractivity contribution >= 4 is 33.6 Å². The van der Waals surface area contributed by atoms with Crippen molar-refractivity contribution in [3.63, 3.8) is 0 Å². The predicted molar refractivity (Wildman–Crippen MR) is 133 cm³/mol. The maximum Gasteiger partial charge on any atom is 0.293 e. The number of hydrogen-bond donors (Lipinski definition) is 1. The number of halogens is 1. The molecular formula is C22H40FN5O3Si2. The summed E-state index contributed by atoms with van der Waals surface area (Å²) in [6.07, 6.45) is -0.0757. The fourth-order valence-corrected chi connectivity index (χ4v) is 5.72. The van der Waals surface area contributed by atoms with Gasteiger partial charge in [-0.05, 0) is 36.3 Å². The van der Waals surface area contributed by atoms with Crippen molar-refractivity contribution in [2.75, 3.05) is 12.3 Å². The fraction of sp³-hybridized carbons (Fsp3) is 0.773. The zero-order valence-corrected chi connectivity index (χ0v) is 23.7. The van der Waals surface area contributed by atoms with Crippen LogP contribution in [0, 0.1) is 6.08 Å². The monoisotopic (exact) mass is 497 g/mol. The lowest BCUT2D eigenvalue weighted by atomic mass is 10.2. The summed E-state index contributed by atoms with van der Waals surface area (Å²) in [4.78, 5) is 12.1. The maximum atomic E-state index is 14.9. The molecule has 0 radical (unpaired) electrons. The Kier molecular flexibility index (Phi) is 6.88.